The lowest BCUT2D eigenvalue weighted by Crippen LogP contribution is -2.68. The fourth-order valence-corrected chi connectivity index (χ4v) is 28.0. The number of rotatable bonds is 19. The molecule has 1 spiro atoms. The minimum absolute atomic E-state index is 0.0317. The van der Waals surface area contributed by atoms with Gasteiger partial charge in [0.1, 0.15) is 139 Å². The first kappa shape index (κ1) is 114. The smallest absolute Gasteiger partial charge is 0.317 e. The molecule has 0 radical (unpaired) electrons. The summed E-state index contributed by atoms with van der Waals surface area (Å²) in [4.78, 5) is 29.8. The number of aliphatic hydroxyl groups excluding tert-OH is 16. The second-order valence-electron chi connectivity index (χ2n) is 47.2. The molecule has 17 aliphatic rings. The summed E-state index contributed by atoms with van der Waals surface area (Å²) in [6.07, 6.45) is -20.7. The summed E-state index contributed by atoms with van der Waals surface area (Å²) in [6, 6.07) is 0. The fourth-order valence-electron chi connectivity index (χ4n) is 28.0. The van der Waals surface area contributed by atoms with Crippen LogP contribution in [0, 0.1) is 73.9 Å². The van der Waals surface area contributed by atoms with Gasteiger partial charge in [-0.2, -0.15) is 0 Å². The summed E-state index contributed by atoms with van der Waals surface area (Å²) in [5, 5.41) is 187. The van der Waals surface area contributed by atoms with E-state index < -0.39 is 286 Å². The van der Waals surface area contributed by atoms with Crippen LogP contribution in [0.3, 0.4) is 0 Å². The van der Waals surface area contributed by atoms with Crippen LogP contribution in [-0.2, 0) is 104 Å². The van der Waals surface area contributed by atoms with E-state index in [2.05, 4.69) is 94.4 Å². The number of fused-ring (bicyclic) bond motifs is 9. The minimum atomic E-state index is -1.93. The van der Waals surface area contributed by atoms with Crippen LogP contribution in [0.4, 0.5) is 0 Å². The quantitative estimate of drug-likeness (QED) is 0.0500. The molecule has 17 N–H and O–H groups in total. The van der Waals surface area contributed by atoms with Crippen LogP contribution >= 0.6 is 0 Å². The first-order valence-electron chi connectivity index (χ1n) is 52.8. The molecule has 17 rings (SSSR count). The topological polar surface area (TPSA) is 563 Å². The number of hydrogen-bond donors (Lipinski definition) is 17. The molecule has 0 amide bonds. The molecular weight excluding hydrogens is 1900 g/mol. The maximum atomic E-state index is 15.4. The highest BCUT2D eigenvalue weighted by atomic mass is 16.8. The molecule has 11 heterocycles. The molecule has 4 saturated carbocycles. The molecule has 13 fully saturated rings. The molecule has 6 aliphatic carbocycles. The molecule has 0 aromatic heterocycles. The van der Waals surface area contributed by atoms with Gasteiger partial charge in [0.05, 0.1) is 93.6 Å². The maximum absolute atomic E-state index is 15.4. The Morgan fingerprint density at radius 3 is 1.82 bits per heavy atom. The van der Waals surface area contributed by atoms with Gasteiger partial charge in [0, 0.05) is 51.7 Å². The van der Waals surface area contributed by atoms with Gasteiger partial charge in [-0.25, -0.2) is 0 Å². The Labute approximate surface area is 849 Å². The Morgan fingerprint density at radius 1 is 0.545 bits per heavy atom. The summed E-state index contributed by atoms with van der Waals surface area (Å²) in [5.74, 6) is -3.57. The highest BCUT2D eigenvalue weighted by molar-refractivity contribution is 5.80. The summed E-state index contributed by atoms with van der Waals surface area (Å²) >= 11 is 0. The average molecular weight is 2060 g/mol. The minimum Gasteiger partial charge on any atom is -0.462 e. The molecule has 39 nitrogen and oxygen atoms in total. The number of aliphatic hydroxyl groups is 17. The molecular formula is C106H166O39. The largest absolute Gasteiger partial charge is 0.462 e. The number of allylic oxidation sites excluding steroid dienone is 4. The van der Waals surface area contributed by atoms with Crippen LogP contribution in [0.25, 0.3) is 0 Å². The first-order valence-corrected chi connectivity index (χ1v) is 52.8. The first-order chi connectivity index (χ1) is 68.3. The van der Waals surface area contributed by atoms with Crippen LogP contribution in [0.2, 0.25) is 0 Å². The third-order valence-electron chi connectivity index (χ3n) is 37.2. The van der Waals surface area contributed by atoms with Crippen molar-refractivity contribution in [1.82, 2.24) is 0 Å². The number of carbonyl (C=O) groups excluding carboxylic acids is 2. The zero-order chi connectivity index (χ0) is 105. The second-order valence-corrected chi connectivity index (χ2v) is 47.2. The van der Waals surface area contributed by atoms with Gasteiger partial charge < -0.3 is 182 Å². The predicted octanol–water partition coefficient (Wildman–Crippen LogP) is 3.47. The zero-order valence-corrected chi connectivity index (χ0v) is 87.2. The number of methoxy groups -OCH3 is 2. The number of esters is 2. The predicted molar refractivity (Wildman–Crippen MR) is 509 cm³/mol. The van der Waals surface area contributed by atoms with E-state index in [9.17, 15) is 91.6 Å². The number of ether oxygens (including phenoxy) is 20. The van der Waals surface area contributed by atoms with Crippen molar-refractivity contribution in [1.29, 1.82) is 0 Å². The van der Waals surface area contributed by atoms with Crippen LogP contribution < -0.4 is 0 Å². The summed E-state index contributed by atoms with van der Waals surface area (Å²) < 4.78 is 123. The van der Waals surface area contributed by atoms with Gasteiger partial charge in [0.15, 0.2) is 49.6 Å². The SMILES string of the molecule is CC1OC(OC2CCC3(C)C(CCC4(C)C3CC=C3C5CC(C)(C)CCC5(C(=O)OC5OCC(O)C(O)C5OC5OC(C)C(OC6OC(CO)C(O)C(O)C6O)C(O)C5O)C(O)CC34C)C2(C)C)C(O)C(O)C1OC1OCC(O)C(O)C1O.CCC(C)C1OC2(C=CC1C)CC1CC(CC=C(C)C(OC3CC(OC)C(OC4CC(OC)C(O)C(C)O4)C(C)O3)C(C)C=CC=C3COC4C(O)C(C)=CC(C(=O)O1)C34O)O2. The Bertz CT molecular complexity index is 4610. The van der Waals surface area contributed by atoms with Crippen molar-refractivity contribution >= 4 is 11.9 Å². The standard InChI is InChI=1S/C58H94O25.C48H72O14/c1-23-44(80-47-40(69)34(63)27(60)21-74-47)38(67)42(71)48(76-23)79-33-13-14-55(7)30(54(33,5)6)12-15-56(8)31(55)11-10-25-26-18-53(3,4)16-17-58(26,32(62)19-57(25,56)9)52(73)83-51-46(35(64)28(61)22-75-51)82-49-43(72)39(68)45(24(2)77-49)81-50-41(70)37(66)36(65)29(20-59)78-50;1-11-25(2)43-28(5)17-18-47(62-43)23-34-20-33(61-47)16-15-27(4)42(26(3)13-12-14-32-24-55-45-40(49)29(6)19-35(46(51)58-34)48(32,45)52)59-39-22-37(54-10)44(31(8)57-39)60-38-21-36(53-9)41(50)30(7)56-38/h10,23-24,26-51,59-72H,11-22H2,1-9H3;12-15,17-19,25-26,28,30-31,33-45,49-50,52H,11,16,20-24H2,1-10H3. The average Bonchev–Trinajstić information content (AvgIpc) is 1.22. The van der Waals surface area contributed by atoms with Gasteiger partial charge in [-0.15, -0.1) is 0 Å². The molecule has 11 aliphatic heterocycles. The molecule has 145 heavy (non-hydrogen) atoms. The molecule has 2 bridgehead atoms. The zero-order valence-electron chi connectivity index (χ0n) is 87.2. The van der Waals surface area contributed by atoms with E-state index in [0.29, 0.717) is 68.9 Å². The molecule has 9 saturated heterocycles. The van der Waals surface area contributed by atoms with Crippen molar-refractivity contribution < 1.29 is 191 Å². The van der Waals surface area contributed by atoms with Gasteiger partial charge in [-0.1, -0.05) is 131 Å². The molecule has 39 heteroatoms. The summed E-state index contributed by atoms with van der Waals surface area (Å²) in [5.41, 5.74) is -2.14. The third-order valence-corrected chi connectivity index (χ3v) is 37.2. The number of carbonyl (C=O) groups is 2. The van der Waals surface area contributed by atoms with Crippen LogP contribution in [0.15, 0.2) is 70.9 Å². The van der Waals surface area contributed by atoms with E-state index in [1.807, 2.05) is 32.1 Å². The van der Waals surface area contributed by atoms with E-state index in [-0.39, 0.29) is 90.2 Å². The van der Waals surface area contributed by atoms with E-state index in [1.165, 1.54) is 6.92 Å². The van der Waals surface area contributed by atoms with Gasteiger partial charge in [-0.05, 0) is 179 Å². The van der Waals surface area contributed by atoms with Crippen LogP contribution in [0.1, 0.15) is 214 Å². The van der Waals surface area contributed by atoms with E-state index in [4.69, 9.17) is 94.7 Å². The monoisotopic (exact) mass is 2060 g/mol. The third kappa shape index (κ3) is 21.3. The summed E-state index contributed by atoms with van der Waals surface area (Å²) in [7, 11) is 3.22. The Balaban J connectivity index is 0.000000217. The molecule has 52 atom stereocenters. The van der Waals surface area contributed by atoms with Gasteiger partial charge in [-0.3, -0.25) is 9.59 Å². The van der Waals surface area contributed by atoms with Crippen LogP contribution in [0.5, 0.6) is 0 Å². The van der Waals surface area contributed by atoms with Crippen molar-refractivity contribution in [2.24, 2.45) is 73.9 Å². The molecule has 0 aromatic carbocycles. The van der Waals surface area contributed by atoms with Crippen molar-refractivity contribution in [3.8, 4) is 0 Å². The molecule has 52 unspecified atom stereocenters. The Morgan fingerprint density at radius 2 is 1.15 bits per heavy atom. The lowest BCUT2D eigenvalue weighted by molar-refractivity contribution is -0.374. The van der Waals surface area contributed by atoms with Crippen molar-refractivity contribution in [3.63, 3.8) is 0 Å². The maximum Gasteiger partial charge on any atom is 0.317 e. The van der Waals surface area contributed by atoms with Crippen molar-refractivity contribution in [3.05, 3.63) is 70.9 Å². The second kappa shape index (κ2) is 44.3. The Kier molecular flexibility index (Phi) is 34.7. The summed E-state index contributed by atoms with van der Waals surface area (Å²) in [6.45, 7) is 33.3. The lowest BCUT2D eigenvalue weighted by Gasteiger charge is -2.71. The fraction of sp³-hybridized carbons (Fsp3) is 0.868. The van der Waals surface area contributed by atoms with E-state index in [1.54, 1.807) is 47.1 Å². The normalized spacial score (nSPS) is 51.6. The molecule has 0 aromatic rings. The van der Waals surface area contributed by atoms with Crippen molar-refractivity contribution in [2.45, 2.75) is 465 Å². The van der Waals surface area contributed by atoms with Gasteiger partial charge >= 0.3 is 11.9 Å². The van der Waals surface area contributed by atoms with Gasteiger partial charge in [0.2, 0.25) is 6.29 Å². The van der Waals surface area contributed by atoms with E-state index >= 15 is 4.79 Å². The molecule has 824 valence electrons. The van der Waals surface area contributed by atoms with Crippen molar-refractivity contribution in [2.75, 3.05) is 40.6 Å². The van der Waals surface area contributed by atoms with E-state index in [0.717, 1.165) is 36.8 Å². The highest BCUT2D eigenvalue weighted by Crippen LogP contribution is 2.76. The highest BCUT2D eigenvalue weighted by Gasteiger charge is 2.73. The van der Waals surface area contributed by atoms with Gasteiger partial charge in [0.25, 0.3) is 0 Å². The Hall–Kier alpha value is -4.02. The lowest BCUT2D eigenvalue weighted by atomic mass is 9.33. The van der Waals surface area contributed by atoms with Crippen LogP contribution in [-0.4, -0.2) is 390 Å². The number of hydrogen-bond acceptors (Lipinski definition) is 39.